The minimum atomic E-state index is -0.00704. The minimum absolute atomic E-state index is 0.00704. The third-order valence-electron chi connectivity index (χ3n) is 3.53. The molecule has 0 saturated heterocycles. The van der Waals surface area contributed by atoms with Crippen molar-refractivity contribution >= 4 is 5.91 Å². The normalized spacial score (nSPS) is 12.2. The average molecular weight is 282 g/mol. The topological polar surface area (TPSA) is 42.0 Å². The van der Waals surface area contributed by atoms with Crippen LogP contribution in [0, 0.1) is 12.8 Å². The van der Waals surface area contributed by atoms with E-state index in [2.05, 4.69) is 41.5 Å². The van der Waals surface area contributed by atoms with Crippen LogP contribution in [0.5, 0.6) is 0 Å². The van der Waals surface area contributed by atoms with Gasteiger partial charge in [0, 0.05) is 30.3 Å². The quantitative estimate of drug-likeness (QED) is 0.914. The van der Waals surface area contributed by atoms with Crippen molar-refractivity contribution in [3.63, 3.8) is 0 Å². The monoisotopic (exact) mass is 282 g/mol. The lowest BCUT2D eigenvalue weighted by atomic mass is 9.94. The molecule has 2 aromatic rings. The first-order chi connectivity index (χ1) is 10.1. The van der Waals surface area contributed by atoms with Gasteiger partial charge < -0.3 is 5.32 Å². The number of nitrogens with zero attached hydrogens (tertiary/aromatic N) is 1. The summed E-state index contributed by atoms with van der Waals surface area (Å²) in [6.07, 6.45) is 1.79. The third kappa shape index (κ3) is 4.15. The second-order valence-electron chi connectivity index (χ2n) is 5.62. The highest BCUT2D eigenvalue weighted by Crippen LogP contribution is 2.22. The Kier molecular flexibility index (Phi) is 5.09. The van der Waals surface area contributed by atoms with Crippen LogP contribution in [0.4, 0.5) is 0 Å². The molecule has 3 nitrogen and oxygen atoms in total. The summed E-state index contributed by atoms with van der Waals surface area (Å²) in [5.74, 6) is 0.143. The molecule has 0 fully saturated rings. The van der Waals surface area contributed by atoms with Gasteiger partial charge in [0.15, 0.2) is 0 Å². The molecule has 0 bridgehead atoms. The Balaban J connectivity index is 2.23. The summed E-state index contributed by atoms with van der Waals surface area (Å²) in [5.41, 5.74) is 3.37. The van der Waals surface area contributed by atoms with Crippen molar-refractivity contribution < 1.29 is 4.79 Å². The molecular weight excluding hydrogens is 260 g/mol. The van der Waals surface area contributed by atoms with Gasteiger partial charge in [-0.2, -0.15) is 0 Å². The van der Waals surface area contributed by atoms with E-state index in [1.54, 1.807) is 6.20 Å². The standard InChI is InChI=1S/C18H22N2O/c1-13(2)18(21)20-12-16(17-6-4-5-11-19-17)15-9-7-14(3)8-10-15/h4-11,13,16H,12H2,1-3H3,(H,20,21). The molecule has 1 unspecified atom stereocenters. The SMILES string of the molecule is Cc1ccc(C(CNC(=O)C(C)C)c2ccccn2)cc1. The van der Waals surface area contributed by atoms with Crippen LogP contribution < -0.4 is 5.32 Å². The molecule has 2 rings (SSSR count). The van der Waals surface area contributed by atoms with Gasteiger partial charge in [-0.25, -0.2) is 0 Å². The van der Waals surface area contributed by atoms with Crippen molar-refractivity contribution in [2.24, 2.45) is 5.92 Å². The van der Waals surface area contributed by atoms with E-state index in [4.69, 9.17) is 0 Å². The highest BCUT2D eigenvalue weighted by molar-refractivity contribution is 5.77. The van der Waals surface area contributed by atoms with E-state index in [0.29, 0.717) is 6.54 Å². The lowest BCUT2D eigenvalue weighted by molar-refractivity contribution is -0.124. The Morgan fingerprint density at radius 3 is 2.43 bits per heavy atom. The molecule has 1 heterocycles. The van der Waals surface area contributed by atoms with E-state index in [-0.39, 0.29) is 17.7 Å². The predicted octanol–water partition coefficient (Wildman–Crippen LogP) is 3.29. The maximum absolute atomic E-state index is 11.8. The van der Waals surface area contributed by atoms with E-state index in [1.807, 2.05) is 32.0 Å². The van der Waals surface area contributed by atoms with Crippen LogP contribution in [0.2, 0.25) is 0 Å². The molecule has 3 heteroatoms. The van der Waals surface area contributed by atoms with Crippen LogP contribution in [0.25, 0.3) is 0 Å². The maximum atomic E-state index is 11.8. The largest absolute Gasteiger partial charge is 0.355 e. The van der Waals surface area contributed by atoms with E-state index in [0.717, 1.165) is 5.69 Å². The van der Waals surface area contributed by atoms with Crippen molar-refractivity contribution in [2.75, 3.05) is 6.54 Å². The second kappa shape index (κ2) is 7.02. The van der Waals surface area contributed by atoms with E-state index >= 15 is 0 Å². The zero-order valence-corrected chi connectivity index (χ0v) is 12.8. The van der Waals surface area contributed by atoms with Crippen LogP contribution >= 0.6 is 0 Å². The molecule has 110 valence electrons. The summed E-state index contributed by atoms with van der Waals surface area (Å²) in [6, 6.07) is 14.3. The van der Waals surface area contributed by atoms with E-state index in [9.17, 15) is 4.79 Å². The third-order valence-corrected chi connectivity index (χ3v) is 3.53. The molecule has 1 N–H and O–H groups in total. The number of hydrogen-bond acceptors (Lipinski definition) is 2. The van der Waals surface area contributed by atoms with Crippen molar-refractivity contribution in [2.45, 2.75) is 26.7 Å². The minimum Gasteiger partial charge on any atom is -0.355 e. The summed E-state index contributed by atoms with van der Waals surface area (Å²) >= 11 is 0. The lowest BCUT2D eigenvalue weighted by Crippen LogP contribution is -2.32. The van der Waals surface area contributed by atoms with Gasteiger partial charge >= 0.3 is 0 Å². The van der Waals surface area contributed by atoms with Crippen molar-refractivity contribution in [1.82, 2.24) is 10.3 Å². The van der Waals surface area contributed by atoms with Crippen LogP contribution in [-0.2, 0) is 4.79 Å². The number of benzene rings is 1. The Morgan fingerprint density at radius 2 is 1.86 bits per heavy atom. The zero-order chi connectivity index (χ0) is 15.2. The van der Waals surface area contributed by atoms with Gasteiger partial charge in [-0.05, 0) is 24.6 Å². The predicted molar refractivity (Wildman–Crippen MR) is 85.1 cm³/mol. The number of aryl methyl sites for hydroxylation is 1. The van der Waals surface area contributed by atoms with E-state index in [1.165, 1.54) is 11.1 Å². The molecule has 0 aliphatic rings. The molecule has 0 aliphatic carbocycles. The van der Waals surface area contributed by atoms with Gasteiger partial charge in [0.1, 0.15) is 0 Å². The summed E-state index contributed by atoms with van der Waals surface area (Å²) in [7, 11) is 0. The number of nitrogens with one attached hydrogen (secondary N) is 1. The number of pyridine rings is 1. The maximum Gasteiger partial charge on any atom is 0.222 e. The highest BCUT2D eigenvalue weighted by atomic mass is 16.1. The van der Waals surface area contributed by atoms with Gasteiger partial charge in [0.05, 0.1) is 0 Å². The van der Waals surface area contributed by atoms with Gasteiger partial charge in [-0.1, -0.05) is 49.7 Å². The number of hydrogen-bond donors (Lipinski definition) is 1. The van der Waals surface area contributed by atoms with Gasteiger partial charge in [-0.15, -0.1) is 0 Å². The zero-order valence-electron chi connectivity index (χ0n) is 12.8. The highest BCUT2D eigenvalue weighted by Gasteiger charge is 2.17. The Morgan fingerprint density at radius 1 is 1.14 bits per heavy atom. The van der Waals surface area contributed by atoms with Crippen LogP contribution in [0.15, 0.2) is 48.7 Å². The van der Waals surface area contributed by atoms with Crippen molar-refractivity contribution in [3.05, 3.63) is 65.5 Å². The fourth-order valence-electron chi connectivity index (χ4n) is 2.18. The van der Waals surface area contributed by atoms with Crippen molar-refractivity contribution in [3.8, 4) is 0 Å². The number of rotatable bonds is 5. The summed E-state index contributed by atoms with van der Waals surface area (Å²) in [4.78, 5) is 16.3. The molecule has 0 spiro atoms. The number of aromatic nitrogens is 1. The number of carbonyl (C=O) groups excluding carboxylic acids is 1. The first-order valence-electron chi connectivity index (χ1n) is 7.33. The molecule has 1 aromatic carbocycles. The fourth-order valence-corrected chi connectivity index (χ4v) is 2.18. The molecule has 0 aliphatic heterocycles. The molecule has 0 radical (unpaired) electrons. The lowest BCUT2D eigenvalue weighted by Gasteiger charge is -2.19. The van der Waals surface area contributed by atoms with Gasteiger partial charge in [0.2, 0.25) is 5.91 Å². The molecule has 1 amide bonds. The molecule has 1 aromatic heterocycles. The fraction of sp³-hybridized carbons (Fsp3) is 0.333. The number of amides is 1. The molecule has 0 saturated carbocycles. The summed E-state index contributed by atoms with van der Waals surface area (Å²) < 4.78 is 0. The smallest absolute Gasteiger partial charge is 0.222 e. The second-order valence-corrected chi connectivity index (χ2v) is 5.62. The van der Waals surface area contributed by atoms with Gasteiger partial charge in [0.25, 0.3) is 0 Å². The Bertz CT molecular complexity index is 576. The first kappa shape index (κ1) is 15.2. The molecular formula is C18H22N2O. The Labute approximate surface area is 126 Å². The van der Waals surface area contributed by atoms with Crippen LogP contribution in [0.1, 0.15) is 36.6 Å². The van der Waals surface area contributed by atoms with E-state index < -0.39 is 0 Å². The first-order valence-corrected chi connectivity index (χ1v) is 7.33. The van der Waals surface area contributed by atoms with Crippen LogP contribution in [-0.4, -0.2) is 17.4 Å². The van der Waals surface area contributed by atoms with Gasteiger partial charge in [-0.3, -0.25) is 9.78 Å². The van der Waals surface area contributed by atoms with Crippen molar-refractivity contribution in [1.29, 1.82) is 0 Å². The number of carbonyl (C=O) groups is 1. The Hall–Kier alpha value is -2.16. The van der Waals surface area contributed by atoms with Crippen LogP contribution in [0.3, 0.4) is 0 Å². The molecule has 21 heavy (non-hydrogen) atoms. The average Bonchev–Trinajstić information content (AvgIpc) is 2.50. The summed E-state index contributed by atoms with van der Waals surface area (Å²) in [6.45, 7) is 6.44. The summed E-state index contributed by atoms with van der Waals surface area (Å²) in [5, 5.41) is 3.01. The molecule has 1 atom stereocenters.